The second kappa shape index (κ2) is 5.93. The molecule has 104 valence electrons. The van der Waals surface area contributed by atoms with Crippen LogP contribution < -0.4 is 10.5 Å². The van der Waals surface area contributed by atoms with E-state index in [-0.39, 0.29) is 5.97 Å². The normalized spacial score (nSPS) is 14.5. The van der Waals surface area contributed by atoms with Crippen LogP contribution in [0.3, 0.4) is 0 Å². The highest BCUT2D eigenvalue weighted by Crippen LogP contribution is 2.30. The number of carbonyl (C=O) groups is 1. The Balaban J connectivity index is 2.12. The maximum Gasteiger partial charge on any atom is 0.319 e. The number of carbonyl (C=O) groups excluding carboxylic acids is 1. The highest BCUT2D eigenvalue weighted by molar-refractivity contribution is 5.71. The predicted octanol–water partition coefficient (Wildman–Crippen LogP) is 1.41. The van der Waals surface area contributed by atoms with E-state index in [1.54, 1.807) is 7.11 Å². The fourth-order valence-electron chi connectivity index (χ4n) is 2.13. The van der Waals surface area contributed by atoms with Crippen LogP contribution in [0.25, 0.3) is 0 Å². The lowest BCUT2D eigenvalue weighted by Gasteiger charge is -2.22. The van der Waals surface area contributed by atoms with Crippen molar-refractivity contribution in [2.75, 3.05) is 26.5 Å². The van der Waals surface area contributed by atoms with Gasteiger partial charge in [-0.3, -0.25) is 9.69 Å². The number of hydrogen-bond acceptors (Lipinski definition) is 5. The summed E-state index contributed by atoms with van der Waals surface area (Å²) < 4.78 is 10.1. The van der Waals surface area contributed by atoms with Crippen LogP contribution >= 0.6 is 0 Å². The van der Waals surface area contributed by atoms with E-state index in [9.17, 15) is 4.79 Å². The van der Waals surface area contributed by atoms with Crippen molar-refractivity contribution in [1.29, 1.82) is 0 Å². The summed E-state index contributed by atoms with van der Waals surface area (Å²) in [6.07, 6.45) is 2.25. The Labute approximate surface area is 113 Å². The molecule has 0 unspecified atom stereocenters. The van der Waals surface area contributed by atoms with Crippen molar-refractivity contribution in [2.24, 2.45) is 0 Å². The van der Waals surface area contributed by atoms with E-state index in [1.165, 1.54) is 7.11 Å². The third-order valence-electron chi connectivity index (χ3n) is 3.30. The van der Waals surface area contributed by atoms with Gasteiger partial charge in [0.25, 0.3) is 0 Å². The molecule has 1 aliphatic rings. The fraction of sp³-hybridized carbons (Fsp3) is 0.500. The number of nitrogens with two attached hydrogens (primary N) is 1. The second-order valence-corrected chi connectivity index (χ2v) is 4.78. The average molecular weight is 264 g/mol. The van der Waals surface area contributed by atoms with E-state index in [0.717, 1.165) is 24.2 Å². The van der Waals surface area contributed by atoms with Crippen LogP contribution in [0.4, 0.5) is 5.69 Å². The molecule has 5 nitrogen and oxygen atoms in total. The molecular formula is C14H20N2O3. The first-order valence-electron chi connectivity index (χ1n) is 6.37. The molecule has 2 N–H and O–H groups in total. The Morgan fingerprint density at radius 2 is 2.16 bits per heavy atom. The van der Waals surface area contributed by atoms with Gasteiger partial charge >= 0.3 is 5.97 Å². The molecule has 1 aliphatic carbocycles. The van der Waals surface area contributed by atoms with Crippen LogP contribution in [-0.2, 0) is 16.1 Å². The van der Waals surface area contributed by atoms with Gasteiger partial charge in [-0.15, -0.1) is 0 Å². The summed E-state index contributed by atoms with van der Waals surface area (Å²) in [7, 11) is 3.05. The van der Waals surface area contributed by atoms with Crippen LogP contribution in [0.5, 0.6) is 5.75 Å². The van der Waals surface area contributed by atoms with E-state index in [1.807, 2.05) is 18.2 Å². The molecule has 0 saturated heterocycles. The second-order valence-electron chi connectivity index (χ2n) is 4.78. The van der Waals surface area contributed by atoms with Gasteiger partial charge in [-0.05, 0) is 31.0 Å². The van der Waals surface area contributed by atoms with Crippen LogP contribution in [0.15, 0.2) is 18.2 Å². The molecule has 5 heteroatoms. The van der Waals surface area contributed by atoms with Crippen LogP contribution in [-0.4, -0.2) is 37.7 Å². The van der Waals surface area contributed by atoms with Gasteiger partial charge < -0.3 is 15.2 Å². The van der Waals surface area contributed by atoms with Gasteiger partial charge in [-0.1, -0.05) is 0 Å². The molecule has 1 aromatic rings. The minimum absolute atomic E-state index is 0.213. The maximum absolute atomic E-state index is 11.4. The van der Waals surface area contributed by atoms with Crippen molar-refractivity contribution < 1.29 is 14.3 Å². The molecule has 0 spiro atoms. The Kier molecular flexibility index (Phi) is 4.27. The monoisotopic (exact) mass is 264 g/mol. The van der Waals surface area contributed by atoms with Gasteiger partial charge in [0.05, 0.1) is 20.8 Å². The quantitative estimate of drug-likeness (QED) is 0.621. The van der Waals surface area contributed by atoms with E-state index in [4.69, 9.17) is 15.2 Å². The van der Waals surface area contributed by atoms with Gasteiger partial charge in [-0.2, -0.15) is 0 Å². The van der Waals surface area contributed by atoms with Gasteiger partial charge in [0.15, 0.2) is 0 Å². The Morgan fingerprint density at radius 3 is 2.74 bits per heavy atom. The number of nitrogen functional groups attached to an aromatic ring is 1. The Bertz CT molecular complexity index is 458. The molecule has 1 fully saturated rings. The van der Waals surface area contributed by atoms with E-state index < -0.39 is 0 Å². The molecular weight excluding hydrogens is 244 g/mol. The molecule has 1 aromatic carbocycles. The van der Waals surface area contributed by atoms with Crippen LogP contribution in [0, 0.1) is 0 Å². The minimum Gasteiger partial charge on any atom is -0.496 e. The number of nitrogens with zero attached hydrogens (tertiary/aromatic N) is 1. The summed E-state index contributed by atoms with van der Waals surface area (Å²) in [5, 5.41) is 0. The molecule has 0 aliphatic heterocycles. The van der Waals surface area contributed by atoms with Gasteiger partial charge in [0.2, 0.25) is 0 Å². The van der Waals surface area contributed by atoms with Gasteiger partial charge in [0, 0.05) is 23.8 Å². The zero-order valence-corrected chi connectivity index (χ0v) is 11.4. The lowest BCUT2D eigenvalue weighted by Crippen LogP contribution is -2.32. The smallest absolute Gasteiger partial charge is 0.319 e. The lowest BCUT2D eigenvalue weighted by atomic mass is 10.1. The largest absolute Gasteiger partial charge is 0.496 e. The SMILES string of the molecule is COC(=O)CN(Cc1cc(N)ccc1OC)C1CC1. The zero-order valence-electron chi connectivity index (χ0n) is 11.4. The minimum atomic E-state index is -0.213. The molecule has 2 rings (SSSR count). The third kappa shape index (κ3) is 3.61. The molecule has 0 atom stereocenters. The van der Waals surface area contributed by atoms with Crippen LogP contribution in [0.1, 0.15) is 18.4 Å². The van der Waals surface area contributed by atoms with Crippen molar-refractivity contribution in [3.05, 3.63) is 23.8 Å². The van der Waals surface area contributed by atoms with Crippen molar-refractivity contribution in [3.8, 4) is 5.75 Å². The van der Waals surface area contributed by atoms with Crippen molar-refractivity contribution in [2.45, 2.75) is 25.4 Å². The molecule has 0 radical (unpaired) electrons. The number of anilines is 1. The van der Waals surface area contributed by atoms with E-state index in [2.05, 4.69) is 4.90 Å². The van der Waals surface area contributed by atoms with E-state index in [0.29, 0.717) is 24.8 Å². The van der Waals surface area contributed by atoms with Crippen molar-refractivity contribution in [3.63, 3.8) is 0 Å². The summed E-state index contributed by atoms with van der Waals surface area (Å²) in [4.78, 5) is 13.6. The third-order valence-corrected chi connectivity index (χ3v) is 3.30. The Morgan fingerprint density at radius 1 is 1.42 bits per heavy atom. The fourth-order valence-corrected chi connectivity index (χ4v) is 2.13. The Hall–Kier alpha value is -1.75. The summed E-state index contributed by atoms with van der Waals surface area (Å²) in [6, 6.07) is 6.02. The summed E-state index contributed by atoms with van der Waals surface area (Å²) in [5.74, 6) is 0.583. The number of rotatable bonds is 6. The number of hydrogen-bond donors (Lipinski definition) is 1. The summed E-state index contributed by atoms with van der Waals surface area (Å²) in [6.45, 7) is 0.951. The number of esters is 1. The number of benzene rings is 1. The van der Waals surface area contributed by atoms with Gasteiger partial charge in [-0.25, -0.2) is 0 Å². The standard InChI is InChI=1S/C14H20N2O3/c1-18-13-6-3-11(15)7-10(13)8-16(12-4-5-12)9-14(17)19-2/h3,6-7,12H,4-5,8-9,15H2,1-2H3. The van der Waals surface area contributed by atoms with Gasteiger partial charge in [0.1, 0.15) is 5.75 Å². The first-order chi connectivity index (χ1) is 9.13. The first kappa shape index (κ1) is 13.7. The molecule has 0 heterocycles. The molecule has 19 heavy (non-hydrogen) atoms. The highest BCUT2D eigenvalue weighted by atomic mass is 16.5. The van der Waals surface area contributed by atoms with E-state index >= 15 is 0 Å². The maximum atomic E-state index is 11.4. The number of methoxy groups -OCH3 is 2. The van der Waals surface area contributed by atoms with Crippen LogP contribution in [0.2, 0.25) is 0 Å². The predicted molar refractivity (Wildman–Crippen MR) is 72.9 cm³/mol. The molecule has 0 amide bonds. The van der Waals surface area contributed by atoms with Crippen molar-refractivity contribution >= 4 is 11.7 Å². The summed E-state index contributed by atoms with van der Waals surface area (Å²) >= 11 is 0. The summed E-state index contributed by atoms with van der Waals surface area (Å²) in [5.41, 5.74) is 7.51. The number of ether oxygens (including phenoxy) is 2. The first-order valence-corrected chi connectivity index (χ1v) is 6.37. The molecule has 0 bridgehead atoms. The highest BCUT2D eigenvalue weighted by Gasteiger charge is 2.31. The van der Waals surface area contributed by atoms with Crippen molar-refractivity contribution in [1.82, 2.24) is 4.90 Å². The zero-order chi connectivity index (χ0) is 13.8. The lowest BCUT2D eigenvalue weighted by molar-refractivity contribution is -0.142. The average Bonchev–Trinajstić information content (AvgIpc) is 3.22. The molecule has 0 aromatic heterocycles. The topological polar surface area (TPSA) is 64.8 Å². The molecule has 1 saturated carbocycles.